The number of carboxylic acid groups (broad SMARTS) is 1. The molecule has 0 spiro atoms. The molecule has 1 N–H and O–H groups in total. The molecule has 0 aliphatic rings. The zero-order valence-electron chi connectivity index (χ0n) is 10.9. The monoisotopic (exact) mass is 292 g/mol. The molecule has 0 aromatic heterocycles. The van der Waals surface area contributed by atoms with E-state index >= 15 is 0 Å². The van der Waals surface area contributed by atoms with Gasteiger partial charge in [0.15, 0.2) is 0 Å². The lowest BCUT2D eigenvalue weighted by Gasteiger charge is -2.26. The highest BCUT2D eigenvalue weighted by atomic mass is 35.5. The number of halogens is 2. The summed E-state index contributed by atoms with van der Waals surface area (Å²) in [5.41, 5.74) is 0.147. The van der Waals surface area contributed by atoms with E-state index in [2.05, 4.69) is 0 Å². The minimum Gasteiger partial charge on any atom is -0.481 e. The van der Waals surface area contributed by atoms with Crippen molar-refractivity contribution in [1.82, 2.24) is 0 Å². The van der Waals surface area contributed by atoms with Crippen LogP contribution in [-0.4, -0.2) is 11.1 Å². The Morgan fingerprint density at radius 1 is 1.20 bits per heavy atom. The van der Waals surface area contributed by atoms with Gasteiger partial charge in [-0.2, -0.15) is 0 Å². The van der Waals surface area contributed by atoms with E-state index < -0.39 is 11.4 Å². The lowest BCUT2D eigenvalue weighted by atomic mass is 9.77. The number of aliphatic carboxylic acids is 1. The third kappa shape index (κ3) is 2.83. The van der Waals surface area contributed by atoms with Gasteiger partial charge in [-0.25, -0.2) is 4.39 Å². The molecule has 0 aliphatic heterocycles. The summed E-state index contributed by atoms with van der Waals surface area (Å²) in [6, 6.07) is 12.7. The Kier molecular flexibility index (Phi) is 4.09. The summed E-state index contributed by atoms with van der Waals surface area (Å²) in [7, 11) is 0. The standard InChI is InChI=1S/C16H14ClFO2/c1-16(15(19)20,12-6-8-13(18)9-7-12)10-11-4-2-3-5-14(11)17/h2-9H,10H2,1H3,(H,19,20). The molecule has 2 nitrogen and oxygen atoms in total. The van der Waals surface area contributed by atoms with Crippen molar-refractivity contribution in [2.75, 3.05) is 0 Å². The van der Waals surface area contributed by atoms with Gasteiger partial charge in [0.25, 0.3) is 0 Å². The van der Waals surface area contributed by atoms with E-state index in [9.17, 15) is 14.3 Å². The molecule has 4 heteroatoms. The molecule has 0 saturated carbocycles. The lowest BCUT2D eigenvalue weighted by Crippen LogP contribution is -2.35. The van der Waals surface area contributed by atoms with Gasteiger partial charge < -0.3 is 5.11 Å². The first-order valence-corrected chi connectivity index (χ1v) is 6.54. The molecular formula is C16H14ClFO2. The lowest BCUT2D eigenvalue weighted by molar-refractivity contribution is -0.143. The van der Waals surface area contributed by atoms with Crippen LogP contribution in [0.1, 0.15) is 18.1 Å². The molecular weight excluding hydrogens is 279 g/mol. The van der Waals surface area contributed by atoms with Gasteiger partial charge in [0.2, 0.25) is 0 Å². The second-order valence-electron chi connectivity index (χ2n) is 4.91. The highest BCUT2D eigenvalue weighted by Crippen LogP contribution is 2.31. The van der Waals surface area contributed by atoms with E-state index in [-0.39, 0.29) is 12.2 Å². The van der Waals surface area contributed by atoms with E-state index in [0.29, 0.717) is 10.6 Å². The fraction of sp³-hybridized carbons (Fsp3) is 0.188. The van der Waals surface area contributed by atoms with Crippen molar-refractivity contribution in [3.63, 3.8) is 0 Å². The van der Waals surface area contributed by atoms with Crippen LogP contribution in [-0.2, 0) is 16.6 Å². The Morgan fingerprint density at radius 3 is 2.35 bits per heavy atom. The molecule has 1 unspecified atom stereocenters. The average molecular weight is 293 g/mol. The summed E-state index contributed by atoms with van der Waals surface area (Å²) >= 11 is 6.09. The molecule has 104 valence electrons. The van der Waals surface area contributed by atoms with Crippen molar-refractivity contribution >= 4 is 17.6 Å². The molecule has 0 radical (unpaired) electrons. The Hall–Kier alpha value is -1.87. The predicted molar refractivity (Wildman–Crippen MR) is 76.5 cm³/mol. The van der Waals surface area contributed by atoms with Crippen molar-refractivity contribution in [2.45, 2.75) is 18.8 Å². The summed E-state index contributed by atoms with van der Waals surface area (Å²) in [4.78, 5) is 11.7. The zero-order chi connectivity index (χ0) is 14.8. The Labute approximate surface area is 121 Å². The fourth-order valence-electron chi connectivity index (χ4n) is 2.14. The fourth-order valence-corrected chi connectivity index (χ4v) is 2.34. The van der Waals surface area contributed by atoms with Crippen molar-refractivity contribution in [2.24, 2.45) is 0 Å². The molecule has 0 saturated heterocycles. The number of carbonyl (C=O) groups is 1. The number of carboxylic acids is 1. The van der Waals surface area contributed by atoms with Crippen LogP contribution in [0, 0.1) is 5.82 Å². The van der Waals surface area contributed by atoms with Crippen molar-refractivity contribution in [3.05, 3.63) is 70.5 Å². The summed E-state index contributed by atoms with van der Waals surface area (Å²) < 4.78 is 13.0. The second kappa shape index (κ2) is 5.63. The maximum Gasteiger partial charge on any atom is 0.314 e. The Balaban J connectivity index is 2.43. The van der Waals surface area contributed by atoms with Crippen LogP contribution in [0.2, 0.25) is 5.02 Å². The molecule has 0 amide bonds. The van der Waals surface area contributed by atoms with Gasteiger partial charge in [-0.05, 0) is 42.7 Å². The smallest absolute Gasteiger partial charge is 0.314 e. The minimum atomic E-state index is -1.15. The summed E-state index contributed by atoms with van der Waals surface area (Å²) in [6.07, 6.45) is 0.244. The van der Waals surface area contributed by atoms with Crippen LogP contribution < -0.4 is 0 Å². The average Bonchev–Trinajstić information content (AvgIpc) is 2.42. The van der Waals surface area contributed by atoms with Gasteiger partial charge >= 0.3 is 5.97 Å². The summed E-state index contributed by atoms with van der Waals surface area (Å²) in [5.74, 6) is -1.36. The first kappa shape index (κ1) is 14.5. The van der Waals surface area contributed by atoms with Gasteiger partial charge in [-0.15, -0.1) is 0 Å². The van der Waals surface area contributed by atoms with Crippen LogP contribution in [0.5, 0.6) is 0 Å². The van der Waals surface area contributed by atoms with Crippen LogP contribution in [0.4, 0.5) is 4.39 Å². The molecule has 0 bridgehead atoms. The molecule has 20 heavy (non-hydrogen) atoms. The SMILES string of the molecule is CC(Cc1ccccc1Cl)(C(=O)O)c1ccc(F)cc1. The van der Waals surface area contributed by atoms with E-state index in [1.165, 1.54) is 24.3 Å². The topological polar surface area (TPSA) is 37.3 Å². The first-order chi connectivity index (χ1) is 9.43. The Morgan fingerprint density at radius 2 is 1.80 bits per heavy atom. The summed E-state index contributed by atoms with van der Waals surface area (Å²) in [5, 5.41) is 10.1. The molecule has 2 aromatic carbocycles. The van der Waals surface area contributed by atoms with Gasteiger partial charge in [0.05, 0.1) is 5.41 Å². The van der Waals surface area contributed by atoms with Crippen LogP contribution >= 0.6 is 11.6 Å². The third-order valence-corrected chi connectivity index (χ3v) is 3.82. The highest BCUT2D eigenvalue weighted by molar-refractivity contribution is 6.31. The van der Waals surface area contributed by atoms with Gasteiger partial charge in [0.1, 0.15) is 5.82 Å². The van der Waals surface area contributed by atoms with Crippen LogP contribution in [0.15, 0.2) is 48.5 Å². The van der Waals surface area contributed by atoms with Crippen molar-refractivity contribution < 1.29 is 14.3 Å². The first-order valence-electron chi connectivity index (χ1n) is 6.16. The number of benzene rings is 2. The van der Waals surface area contributed by atoms with E-state index in [4.69, 9.17) is 11.6 Å². The molecule has 0 heterocycles. The minimum absolute atomic E-state index is 0.244. The number of hydrogen-bond donors (Lipinski definition) is 1. The maximum atomic E-state index is 13.0. The van der Waals surface area contributed by atoms with E-state index in [1.54, 1.807) is 25.1 Å². The zero-order valence-corrected chi connectivity index (χ0v) is 11.7. The normalized spacial score (nSPS) is 13.8. The van der Waals surface area contributed by atoms with E-state index in [1.807, 2.05) is 6.07 Å². The maximum absolute atomic E-state index is 13.0. The largest absolute Gasteiger partial charge is 0.481 e. The second-order valence-corrected chi connectivity index (χ2v) is 5.32. The van der Waals surface area contributed by atoms with E-state index in [0.717, 1.165) is 5.56 Å². The molecule has 0 fully saturated rings. The summed E-state index contributed by atoms with van der Waals surface area (Å²) in [6.45, 7) is 1.62. The molecule has 0 aliphatic carbocycles. The van der Waals surface area contributed by atoms with Crippen molar-refractivity contribution in [1.29, 1.82) is 0 Å². The van der Waals surface area contributed by atoms with Crippen LogP contribution in [0.3, 0.4) is 0 Å². The molecule has 2 aromatic rings. The Bertz CT molecular complexity index is 625. The number of rotatable bonds is 4. The molecule has 1 atom stereocenters. The quantitative estimate of drug-likeness (QED) is 0.922. The number of hydrogen-bond acceptors (Lipinski definition) is 1. The van der Waals surface area contributed by atoms with Gasteiger partial charge in [-0.3, -0.25) is 4.79 Å². The van der Waals surface area contributed by atoms with Gasteiger partial charge in [0, 0.05) is 5.02 Å². The predicted octanol–water partition coefficient (Wildman–Crippen LogP) is 4.06. The molecule has 2 rings (SSSR count). The third-order valence-electron chi connectivity index (χ3n) is 3.46. The van der Waals surface area contributed by atoms with Crippen LogP contribution in [0.25, 0.3) is 0 Å². The van der Waals surface area contributed by atoms with Gasteiger partial charge in [-0.1, -0.05) is 41.9 Å². The highest BCUT2D eigenvalue weighted by Gasteiger charge is 2.35. The van der Waals surface area contributed by atoms with Crippen molar-refractivity contribution in [3.8, 4) is 0 Å².